The van der Waals surface area contributed by atoms with Gasteiger partial charge in [0.1, 0.15) is 10.5 Å². The molecule has 158 valence electrons. The molecular weight excluding hydrogens is 396 g/mol. The summed E-state index contributed by atoms with van der Waals surface area (Å²) in [6.45, 7) is 1.36. The molecule has 1 saturated carbocycles. The molecule has 3 aromatic heterocycles. The topological polar surface area (TPSA) is 77.0 Å². The number of ether oxygens (including phenoxy) is 1. The van der Waals surface area contributed by atoms with E-state index in [2.05, 4.69) is 10.3 Å². The molecule has 0 spiro atoms. The van der Waals surface area contributed by atoms with Crippen LogP contribution in [-0.2, 0) is 4.74 Å². The predicted octanol–water partition coefficient (Wildman–Crippen LogP) is 4.96. The van der Waals surface area contributed by atoms with Crippen LogP contribution in [0.25, 0.3) is 21.7 Å². The first-order valence-corrected chi connectivity index (χ1v) is 11.6. The number of pyridine rings is 1. The number of methoxy groups -OCH3 is 1. The van der Waals surface area contributed by atoms with Crippen molar-refractivity contribution in [1.82, 2.24) is 20.3 Å². The minimum absolute atomic E-state index is 0.0371. The summed E-state index contributed by atoms with van der Waals surface area (Å²) in [7, 11) is 1.70. The van der Waals surface area contributed by atoms with E-state index in [4.69, 9.17) is 14.7 Å². The second kappa shape index (κ2) is 10.1. The molecule has 1 aliphatic carbocycles. The summed E-state index contributed by atoms with van der Waals surface area (Å²) in [5, 5.41) is 5.92. The summed E-state index contributed by atoms with van der Waals surface area (Å²) in [5.41, 5.74) is 2.50. The van der Waals surface area contributed by atoms with E-state index in [1.807, 2.05) is 23.6 Å². The van der Waals surface area contributed by atoms with Crippen LogP contribution in [0.5, 0.6) is 0 Å². The number of aromatic nitrogens is 3. The Hall–Kier alpha value is -2.38. The van der Waals surface area contributed by atoms with E-state index in [-0.39, 0.29) is 5.91 Å². The molecule has 0 aliphatic heterocycles. The van der Waals surface area contributed by atoms with Gasteiger partial charge in [0.05, 0.1) is 11.3 Å². The second-order valence-electron chi connectivity index (χ2n) is 7.77. The zero-order valence-corrected chi connectivity index (χ0v) is 18.2. The maximum atomic E-state index is 12.9. The standard InChI is InChI=1S/C23H28N4O2S/c1-29-14-8-7-13-25-22(28)17-15-30-23-19(17)20(16-9-3-2-4-10-16)26-21(27-23)18-11-5-6-12-24-18/h5-6,11-12,15-16H,2-4,7-10,13-14H2,1H3,(H,25,28). The van der Waals surface area contributed by atoms with Gasteiger partial charge in [-0.2, -0.15) is 0 Å². The van der Waals surface area contributed by atoms with E-state index in [1.165, 1.54) is 30.6 Å². The van der Waals surface area contributed by atoms with Crippen LogP contribution in [0.15, 0.2) is 29.8 Å². The third-order valence-corrected chi connectivity index (χ3v) is 6.53. The molecule has 1 aliphatic rings. The Kier molecular flexibility index (Phi) is 7.02. The number of thiophene rings is 1. The summed E-state index contributed by atoms with van der Waals surface area (Å²) in [6.07, 6.45) is 9.52. The van der Waals surface area contributed by atoms with E-state index < -0.39 is 0 Å². The highest BCUT2D eigenvalue weighted by molar-refractivity contribution is 7.17. The number of nitrogens with zero attached hydrogens (tertiary/aromatic N) is 3. The number of carbonyl (C=O) groups excluding carboxylic acids is 1. The maximum absolute atomic E-state index is 12.9. The van der Waals surface area contributed by atoms with Gasteiger partial charge in [0.15, 0.2) is 5.82 Å². The molecular formula is C23H28N4O2S. The summed E-state index contributed by atoms with van der Waals surface area (Å²) in [5.74, 6) is 0.983. The van der Waals surface area contributed by atoms with Gasteiger partial charge >= 0.3 is 0 Å². The maximum Gasteiger partial charge on any atom is 0.252 e. The lowest BCUT2D eigenvalue weighted by atomic mass is 9.85. The number of unbranched alkanes of at least 4 members (excludes halogenated alkanes) is 1. The highest BCUT2D eigenvalue weighted by atomic mass is 32.1. The zero-order valence-electron chi connectivity index (χ0n) is 17.4. The zero-order chi connectivity index (χ0) is 20.8. The number of carbonyl (C=O) groups is 1. The average molecular weight is 425 g/mol. The highest BCUT2D eigenvalue weighted by Crippen LogP contribution is 2.39. The lowest BCUT2D eigenvalue weighted by Gasteiger charge is -2.22. The van der Waals surface area contributed by atoms with Crippen LogP contribution in [0, 0.1) is 0 Å². The fourth-order valence-electron chi connectivity index (χ4n) is 4.09. The van der Waals surface area contributed by atoms with Crippen LogP contribution in [-0.4, -0.2) is 41.1 Å². The molecule has 0 aromatic carbocycles. The minimum atomic E-state index is -0.0371. The minimum Gasteiger partial charge on any atom is -0.385 e. The summed E-state index contributed by atoms with van der Waals surface area (Å²) in [4.78, 5) is 28.0. The molecule has 0 bridgehead atoms. The Labute approximate surface area is 181 Å². The SMILES string of the molecule is COCCCCNC(=O)c1csc2nc(-c3ccccn3)nc(C3CCCCC3)c12. The van der Waals surface area contributed by atoms with E-state index in [9.17, 15) is 4.79 Å². The first-order valence-electron chi connectivity index (χ1n) is 10.8. The summed E-state index contributed by atoms with van der Waals surface area (Å²) >= 11 is 1.52. The van der Waals surface area contributed by atoms with Crippen LogP contribution >= 0.6 is 11.3 Å². The molecule has 3 heterocycles. The van der Waals surface area contributed by atoms with E-state index in [0.29, 0.717) is 30.5 Å². The van der Waals surface area contributed by atoms with Crippen LogP contribution < -0.4 is 5.32 Å². The fourth-order valence-corrected chi connectivity index (χ4v) is 5.01. The van der Waals surface area contributed by atoms with Crippen LogP contribution in [0.2, 0.25) is 0 Å². The average Bonchev–Trinajstić information content (AvgIpc) is 3.23. The highest BCUT2D eigenvalue weighted by Gasteiger charge is 2.25. The molecule has 7 heteroatoms. The Balaban J connectivity index is 1.68. The monoisotopic (exact) mass is 424 g/mol. The van der Waals surface area contributed by atoms with Crippen LogP contribution in [0.1, 0.15) is 66.9 Å². The Morgan fingerprint density at radius 2 is 2.07 bits per heavy atom. The van der Waals surface area contributed by atoms with E-state index in [0.717, 1.165) is 47.3 Å². The molecule has 0 unspecified atom stereocenters. The molecule has 4 rings (SSSR count). The van der Waals surface area contributed by atoms with Gasteiger partial charge in [-0.15, -0.1) is 11.3 Å². The summed E-state index contributed by atoms with van der Waals surface area (Å²) < 4.78 is 5.08. The van der Waals surface area contributed by atoms with Gasteiger partial charge in [-0.3, -0.25) is 9.78 Å². The van der Waals surface area contributed by atoms with Gasteiger partial charge in [0.25, 0.3) is 5.91 Å². The third-order valence-electron chi connectivity index (χ3n) is 5.65. The van der Waals surface area contributed by atoms with Crippen LogP contribution in [0.3, 0.4) is 0 Å². The summed E-state index contributed by atoms with van der Waals surface area (Å²) in [6, 6.07) is 5.78. The second-order valence-corrected chi connectivity index (χ2v) is 8.63. The quantitative estimate of drug-likeness (QED) is 0.517. The smallest absolute Gasteiger partial charge is 0.252 e. The first-order chi connectivity index (χ1) is 14.8. The van der Waals surface area contributed by atoms with Gasteiger partial charge in [0, 0.05) is 43.1 Å². The molecule has 3 aromatic rings. The Morgan fingerprint density at radius 1 is 1.20 bits per heavy atom. The molecule has 1 N–H and O–H groups in total. The van der Waals surface area contributed by atoms with Crippen molar-refractivity contribution >= 4 is 27.5 Å². The molecule has 0 radical (unpaired) electrons. The van der Waals surface area contributed by atoms with Gasteiger partial charge in [0.2, 0.25) is 0 Å². The van der Waals surface area contributed by atoms with Crippen molar-refractivity contribution in [2.45, 2.75) is 50.9 Å². The number of amides is 1. The molecule has 0 saturated heterocycles. The first kappa shape index (κ1) is 20.9. The van der Waals surface area contributed by atoms with Gasteiger partial charge in [-0.05, 0) is 37.8 Å². The van der Waals surface area contributed by atoms with E-state index >= 15 is 0 Å². The van der Waals surface area contributed by atoms with Crippen LogP contribution in [0.4, 0.5) is 0 Å². The number of hydrogen-bond donors (Lipinski definition) is 1. The molecule has 1 amide bonds. The van der Waals surface area contributed by atoms with Gasteiger partial charge in [-0.1, -0.05) is 25.3 Å². The van der Waals surface area contributed by atoms with Crippen molar-refractivity contribution in [3.8, 4) is 11.5 Å². The van der Waals surface area contributed by atoms with Crippen molar-refractivity contribution in [3.63, 3.8) is 0 Å². The van der Waals surface area contributed by atoms with Crippen molar-refractivity contribution in [1.29, 1.82) is 0 Å². The van der Waals surface area contributed by atoms with Gasteiger partial charge < -0.3 is 10.1 Å². The number of rotatable bonds is 8. The normalized spacial score (nSPS) is 14.8. The third kappa shape index (κ3) is 4.68. The van der Waals surface area contributed by atoms with Crippen molar-refractivity contribution in [3.05, 3.63) is 41.0 Å². The van der Waals surface area contributed by atoms with Crippen molar-refractivity contribution in [2.24, 2.45) is 0 Å². The van der Waals surface area contributed by atoms with E-state index in [1.54, 1.807) is 13.3 Å². The molecule has 1 fully saturated rings. The lowest BCUT2D eigenvalue weighted by molar-refractivity contribution is 0.0953. The number of hydrogen-bond acceptors (Lipinski definition) is 6. The van der Waals surface area contributed by atoms with Crippen molar-refractivity contribution < 1.29 is 9.53 Å². The van der Waals surface area contributed by atoms with Crippen molar-refractivity contribution in [2.75, 3.05) is 20.3 Å². The molecule has 6 nitrogen and oxygen atoms in total. The molecule has 30 heavy (non-hydrogen) atoms. The Bertz CT molecular complexity index is 984. The fraction of sp³-hybridized carbons (Fsp3) is 0.478. The number of fused-ring (bicyclic) bond motifs is 1. The predicted molar refractivity (Wildman–Crippen MR) is 120 cm³/mol. The largest absolute Gasteiger partial charge is 0.385 e. The lowest BCUT2D eigenvalue weighted by Crippen LogP contribution is -2.24. The molecule has 0 atom stereocenters. The Morgan fingerprint density at radius 3 is 2.83 bits per heavy atom. The van der Waals surface area contributed by atoms with Gasteiger partial charge in [-0.25, -0.2) is 9.97 Å². The number of nitrogens with one attached hydrogen (secondary N) is 1.